The Hall–Kier alpha value is -1.38. The molecule has 0 saturated carbocycles. The Kier molecular flexibility index (Phi) is 5.83. The predicted molar refractivity (Wildman–Crippen MR) is 69.8 cm³/mol. The molecule has 0 radical (unpaired) electrons. The van der Waals surface area contributed by atoms with Crippen LogP contribution in [0, 0.1) is 11.7 Å². The van der Waals surface area contributed by atoms with Crippen LogP contribution in [0.25, 0.3) is 0 Å². The van der Waals surface area contributed by atoms with Crippen LogP contribution in [0.5, 0.6) is 0 Å². The zero-order chi connectivity index (χ0) is 13.5. The van der Waals surface area contributed by atoms with Crippen LogP contribution in [0.15, 0.2) is 24.3 Å². The summed E-state index contributed by atoms with van der Waals surface area (Å²) in [5.74, 6) is -0.284. The van der Waals surface area contributed by atoms with Gasteiger partial charge in [-0.15, -0.1) is 0 Å². The molecule has 0 aliphatic heterocycles. The molecule has 1 aromatic rings. The van der Waals surface area contributed by atoms with E-state index in [1.165, 1.54) is 6.07 Å². The summed E-state index contributed by atoms with van der Waals surface area (Å²) in [4.78, 5) is 11.7. The smallest absolute Gasteiger partial charge is 0.306 e. The number of esters is 1. The molecule has 0 spiro atoms. The zero-order valence-corrected chi connectivity index (χ0v) is 11.3. The van der Waals surface area contributed by atoms with Crippen LogP contribution in [0.2, 0.25) is 0 Å². The van der Waals surface area contributed by atoms with Crippen molar-refractivity contribution in [1.82, 2.24) is 0 Å². The van der Waals surface area contributed by atoms with Gasteiger partial charge in [-0.3, -0.25) is 4.79 Å². The molecular formula is C15H21FO2. The summed E-state index contributed by atoms with van der Waals surface area (Å²) in [6.07, 6.45) is 0.960. The molecule has 0 saturated heterocycles. The molecule has 1 aromatic carbocycles. The van der Waals surface area contributed by atoms with E-state index >= 15 is 0 Å². The van der Waals surface area contributed by atoms with Gasteiger partial charge in [0, 0.05) is 0 Å². The van der Waals surface area contributed by atoms with Gasteiger partial charge in [-0.2, -0.15) is 0 Å². The monoisotopic (exact) mass is 252 g/mol. The van der Waals surface area contributed by atoms with Crippen molar-refractivity contribution in [2.75, 3.05) is 6.61 Å². The summed E-state index contributed by atoms with van der Waals surface area (Å²) in [7, 11) is 0. The Morgan fingerprint density at radius 3 is 2.56 bits per heavy atom. The summed E-state index contributed by atoms with van der Waals surface area (Å²) in [5.41, 5.74) is 0.599. The van der Waals surface area contributed by atoms with E-state index in [-0.39, 0.29) is 24.1 Å². The van der Waals surface area contributed by atoms with E-state index in [1.54, 1.807) is 18.2 Å². The highest BCUT2D eigenvalue weighted by Crippen LogP contribution is 2.26. The Labute approximate surface area is 108 Å². The average molecular weight is 252 g/mol. The van der Waals surface area contributed by atoms with Crippen LogP contribution in [0.4, 0.5) is 4.39 Å². The first-order chi connectivity index (χ1) is 8.54. The van der Waals surface area contributed by atoms with E-state index in [0.717, 1.165) is 6.42 Å². The third-order valence-corrected chi connectivity index (χ3v) is 2.83. The van der Waals surface area contributed by atoms with E-state index < -0.39 is 0 Å². The first-order valence-electron chi connectivity index (χ1n) is 6.44. The summed E-state index contributed by atoms with van der Waals surface area (Å²) in [6, 6.07) is 6.61. The number of hydrogen-bond acceptors (Lipinski definition) is 2. The molecule has 0 aliphatic carbocycles. The van der Waals surface area contributed by atoms with Crippen molar-refractivity contribution in [3.63, 3.8) is 0 Å². The molecule has 0 bridgehead atoms. The quantitative estimate of drug-likeness (QED) is 0.717. The van der Waals surface area contributed by atoms with Gasteiger partial charge in [0.1, 0.15) is 5.82 Å². The molecule has 100 valence electrons. The average Bonchev–Trinajstić information content (AvgIpc) is 2.34. The topological polar surface area (TPSA) is 26.3 Å². The van der Waals surface area contributed by atoms with Gasteiger partial charge in [-0.05, 0) is 29.9 Å². The second-order valence-corrected chi connectivity index (χ2v) is 4.91. The van der Waals surface area contributed by atoms with Gasteiger partial charge in [-0.25, -0.2) is 4.39 Å². The lowest BCUT2D eigenvalue weighted by Crippen LogP contribution is -2.14. The normalized spacial score (nSPS) is 12.5. The molecule has 0 heterocycles. The Bertz CT molecular complexity index is 388. The second-order valence-electron chi connectivity index (χ2n) is 4.91. The standard InChI is InChI=1S/C15H21FO2/c1-4-12(9-15(17)18-10-11(2)3)13-7-5-6-8-14(13)16/h5-8,11-12H,4,9-10H2,1-3H3. The number of hydrogen-bond donors (Lipinski definition) is 0. The fourth-order valence-corrected chi connectivity index (χ4v) is 1.80. The molecular weight excluding hydrogens is 231 g/mol. The number of benzene rings is 1. The van der Waals surface area contributed by atoms with Gasteiger partial charge >= 0.3 is 5.97 Å². The number of carbonyl (C=O) groups excluding carboxylic acids is 1. The fourth-order valence-electron chi connectivity index (χ4n) is 1.80. The minimum Gasteiger partial charge on any atom is -0.465 e. The van der Waals surface area contributed by atoms with Gasteiger partial charge in [0.25, 0.3) is 0 Å². The number of halogens is 1. The Balaban J connectivity index is 2.62. The van der Waals surface area contributed by atoms with Crippen molar-refractivity contribution in [3.05, 3.63) is 35.6 Å². The van der Waals surface area contributed by atoms with Gasteiger partial charge in [-0.1, -0.05) is 39.0 Å². The molecule has 0 amide bonds. The van der Waals surface area contributed by atoms with Crippen LogP contribution >= 0.6 is 0 Å². The minimum absolute atomic E-state index is 0.106. The molecule has 1 rings (SSSR count). The lowest BCUT2D eigenvalue weighted by molar-refractivity contribution is -0.145. The highest BCUT2D eigenvalue weighted by molar-refractivity contribution is 5.70. The number of ether oxygens (including phenoxy) is 1. The molecule has 18 heavy (non-hydrogen) atoms. The SMILES string of the molecule is CCC(CC(=O)OCC(C)C)c1ccccc1F. The first kappa shape index (κ1) is 14.7. The maximum absolute atomic E-state index is 13.6. The van der Waals surface area contributed by atoms with Crippen LogP contribution in [-0.4, -0.2) is 12.6 Å². The van der Waals surface area contributed by atoms with Crippen molar-refractivity contribution >= 4 is 5.97 Å². The number of rotatable bonds is 6. The summed E-state index contributed by atoms with van der Waals surface area (Å²) >= 11 is 0. The van der Waals surface area contributed by atoms with Crippen LogP contribution in [-0.2, 0) is 9.53 Å². The van der Waals surface area contributed by atoms with Crippen molar-refractivity contribution in [1.29, 1.82) is 0 Å². The van der Waals surface area contributed by atoms with E-state index in [4.69, 9.17) is 4.74 Å². The molecule has 1 atom stereocenters. The minimum atomic E-state index is -0.251. The zero-order valence-electron chi connectivity index (χ0n) is 11.3. The highest BCUT2D eigenvalue weighted by Gasteiger charge is 2.18. The van der Waals surface area contributed by atoms with E-state index in [0.29, 0.717) is 18.1 Å². The van der Waals surface area contributed by atoms with Crippen molar-refractivity contribution in [2.24, 2.45) is 5.92 Å². The molecule has 0 N–H and O–H groups in total. The van der Waals surface area contributed by atoms with Gasteiger partial charge in [0.05, 0.1) is 13.0 Å². The molecule has 0 aliphatic rings. The van der Waals surface area contributed by atoms with Crippen molar-refractivity contribution in [3.8, 4) is 0 Å². The fraction of sp³-hybridized carbons (Fsp3) is 0.533. The van der Waals surface area contributed by atoms with Crippen molar-refractivity contribution in [2.45, 2.75) is 39.5 Å². The second kappa shape index (κ2) is 7.14. The molecule has 1 unspecified atom stereocenters. The maximum atomic E-state index is 13.6. The maximum Gasteiger partial charge on any atom is 0.306 e. The predicted octanol–water partition coefficient (Wildman–Crippen LogP) is 3.91. The van der Waals surface area contributed by atoms with Crippen LogP contribution in [0.1, 0.15) is 45.1 Å². The third kappa shape index (κ3) is 4.47. The largest absolute Gasteiger partial charge is 0.465 e. The molecule has 3 heteroatoms. The van der Waals surface area contributed by atoms with Crippen molar-refractivity contribution < 1.29 is 13.9 Å². The Morgan fingerprint density at radius 2 is 2.00 bits per heavy atom. The number of carbonyl (C=O) groups is 1. The molecule has 0 aromatic heterocycles. The van der Waals surface area contributed by atoms with Gasteiger partial charge in [0.15, 0.2) is 0 Å². The van der Waals surface area contributed by atoms with Crippen LogP contribution in [0.3, 0.4) is 0 Å². The lowest BCUT2D eigenvalue weighted by Gasteiger charge is -2.16. The summed E-state index contributed by atoms with van der Waals surface area (Å²) in [5, 5.41) is 0. The van der Waals surface area contributed by atoms with Crippen LogP contribution < -0.4 is 0 Å². The summed E-state index contributed by atoms with van der Waals surface area (Å²) < 4.78 is 18.8. The third-order valence-electron chi connectivity index (χ3n) is 2.83. The van der Waals surface area contributed by atoms with Gasteiger partial charge < -0.3 is 4.74 Å². The van der Waals surface area contributed by atoms with E-state index in [1.807, 2.05) is 20.8 Å². The van der Waals surface area contributed by atoms with E-state index in [9.17, 15) is 9.18 Å². The molecule has 0 fully saturated rings. The molecule has 2 nitrogen and oxygen atoms in total. The first-order valence-corrected chi connectivity index (χ1v) is 6.44. The summed E-state index contributed by atoms with van der Waals surface area (Å²) in [6.45, 7) is 6.35. The highest BCUT2D eigenvalue weighted by atomic mass is 19.1. The van der Waals surface area contributed by atoms with E-state index in [2.05, 4.69) is 0 Å². The van der Waals surface area contributed by atoms with Gasteiger partial charge in [0.2, 0.25) is 0 Å². The Morgan fingerprint density at radius 1 is 1.33 bits per heavy atom. The lowest BCUT2D eigenvalue weighted by atomic mass is 9.93.